The lowest BCUT2D eigenvalue weighted by Gasteiger charge is -2.30. The van der Waals surface area contributed by atoms with Gasteiger partial charge in [-0.1, -0.05) is 30.3 Å². The number of hydrogen-bond donors (Lipinski definition) is 0. The van der Waals surface area contributed by atoms with Crippen LogP contribution in [-0.2, 0) is 13.1 Å². The van der Waals surface area contributed by atoms with E-state index < -0.39 is 0 Å². The van der Waals surface area contributed by atoms with Crippen LogP contribution in [0, 0.1) is 0 Å². The Morgan fingerprint density at radius 3 is 1.81 bits per heavy atom. The van der Waals surface area contributed by atoms with Crippen molar-refractivity contribution < 1.29 is 14.2 Å². The second-order valence-corrected chi connectivity index (χ2v) is 6.29. The summed E-state index contributed by atoms with van der Waals surface area (Å²) in [6, 6.07) is 14.5. The van der Waals surface area contributed by atoms with E-state index in [2.05, 4.69) is 53.4 Å². The number of methoxy groups -OCH3 is 3. The largest absolute Gasteiger partial charge is 0.493 e. The third-order valence-electron chi connectivity index (χ3n) is 4.71. The van der Waals surface area contributed by atoms with E-state index in [-0.39, 0.29) is 6.17 Å². The molecule has 0 saturated heterocycles. The molecular formula is C21H26N2O3. The van der Waals surface area contributed by atoms with E-state index in [1.165, 1.54) is 5.56 Å². The maximum Gasteiger partial charge on any atom is 0.203 e. The summed E-state index contributed by atoms with van der Waals surface area (Å²) in [5, 5.41) is 0. The van der Waals surface area contributed by atoms with E-state index in [0.717, 1.165) is 18.7 Å². The molecule has 5 heteroatoms. The fourth-order valence-corrected chi connectivity index (χ4v) is 3.21. The molecule has 1 unspecified atom stereocenters. The van der Waals surface area contributed by atoms with Gasteiger partial charge in [0.2, 0.25) is 5.75 Å². The molecular weight excluding hydrogens is 328 g/mol. The maximum absolute atomic E-state index is 5.46. The fraction of sp³-hybridized carbons (Fsp3) is 0.333. The van der Waals surface area contributed by atoms with Crippen molar-refractivity contribution in [1.29, 1.82) is 0 Å². The van der Waals surface area contributed by atoms with E-state index in [0.29, 0.717) is 17.2 Å². The van der Waals surface area contributed by atoms with Crippen molar-refractivity contribution in [2.45, 2.75) is 26.2 Å². The summed E-state index contributed by atoms with van der Waals surface area (Å²) >= 11 is 0. The first-order valence-corrected chi connectivity index (χ1v) is 8.69. The van der Waals surface area contributed by atoms with Crippen LogP contribution in [0.2, 0.25) is 0 Å². The lowest BCUT2D eigenvalue weighted by Crippen LogP contribution is -2.35. The predicted octanol–water partition coefficient (Wildman–Crippen LogP) is 3.85. The Kier molecular flexibility index (Phi) is 5.56. The van der Waals surface area contributed by atoms with Gasteiger partial charge in [0.05, 0.1) is 27.5 Å². The van der Waals surface area contributed by atoms with Crippen molar-refractivity contribution in [3.63, 3.8) is 0 Å². The molecule has 0 radical (unpaired) electrons. The summed E-state index contributed by atoms with van der Waals surface area (Å²) in [7, 11) is 4.90. The van der Waals surface area contributed by atoms with Crippen molar-refractivity contribution in [3.05, 3.63) is 66.0 Å². The van der Waals surface area contributed by atoms with Gasteiger partial charge in [-0.2, -0.15) is 0 Å². The van der Waals surface area contributed by atoms with Crippen LogP contribution in [0.4, 0.5) is 0 Å². The van der Waals surface area contributed by atoms with Gasteiger partial charge in [-0.25, -0.2) is 0 Å². The van der Waals surface area contributed by atoms with Crippen molar-refractivity contribution in [1.82, 2.24) is 9.80 Å². The molecule has 0 bridgehead atoms. The fourth-order valence-electron chi connectivity index (χ4n) is 3.21. The SMILES string of the molecule is COc1cc(CN2C=CN(Cc3ccccc3)C2C)cc(OC)c1OC. The van der Waals surface area contributed by atoms with Crippen molar-refractivity contribution >= 4 is 0 Å². The van der Waals surface area contributed by atoms with Crippen LogP contribution in [-0.4, -0.2) is 37.3 Å². The van der Waals surface area contributed by atoms with Crippen molar-refractivity contribution in [2.24, 2.45) is 0 Å². The van der Waals surface area contributed by atoms with Crippen LogP contribution >= 0.6 is 0 Å². The lowest BCUT2D eigenvalue weighted by atomic mass is 10.1. The van der Waals surface area contributed by atoms with Crippen LogP contribution < -0.4 is 14.2 Å². The number of benzene rings is 2. The monoisotopic (exact) mass is 354 g/mol. The summed E-state index contributed by atoms with van der Waals surface area (Å²) in [6.45, 7) is 3.87. The van der Waals surface area contributed by atoms with Crippen LogP contribution in [0.1, 0.15) is 18.1 Å². The van der Waals surface area contributed by atoms with E-state index in [1.54, 1.807) is 21.3 Å². The van der Waals surface area contributed by atoms with E-state index in [1.807, 2.05) is 18.2 Å². The second kappa shape index (κ2) is 8.04. The van der Waals surface area contributed by atoms with Crippen molar-refractivity contribution in [3.8, 4) is 17.2 Å². The van der Waals surface area contributed by atoms with E-state index in [4.69, 9.17) is 14.2 Å². The molecule has 138 valence electrons. The van der Waals surface area contributed by atoms with Gasteiger partial charge in [0.15, 0.2) is 11.5 Å². The van der Waals surface area contributed by atoms with Crippen LogP contribution in [0.3, 0.4) is 0 Å². The van der Waals surface area contributed by atoms with Gasteiger partial charge in [-0.3, -0.25) is 0 Å². The van der Waals surface area contributed by atoms with E-state index >= 15 is 0 Å². The molecule has 1 aliphatic heterocycles. The summed E-state index contributed by atoms with van der Waals surface area (Å²) in [5.74, 6) is 1.98. The van der Waals surface area contributed by atoms with Crippen LogP contribution in [0.25, 0.3) is 0 Å². The number of hydrogen-bond acceptors (Lipinski definition) is 5. The Hall–Kier alpha value is -2.82. The summed E-state index contributed by atoms with van der Waals surface area (Å²) in [5.41, 5.74) is 2.41. The third-order valence-corrected chi connectivity index (χ3v) is 4.71. The lowest BCUT2D eigenvalue weighted by molar-refractivity contribution is 0.158. The zero-order valence-electron chi connectivity index (χ0n) is 15.8. The van der Waals surface area contributed by atoms with Gasteiger partial charge in [0, 0.05) is 25.5 Å². The van der Waals surface area contributed by atoms with Gasteiger partial charge in [0.1, 0.15) is 0 Å². The highest BCUT2D eigenvalue weighted by Crippen LogP contribution is 2.38. The average Bonchev–Trinajstić information content (AvgIpc) is 3.01. The highest BCUT2D eigenvalue weighted by atomic mass is 16.5. The molecule has 0 saturated carbocycles. The standard InChI is InChI=1S/C21H26N2O3/c1-16-22(14-17-8-6-5-7-9-17)10-11-23(16)15-18-12-19(24-2)21(26-4)20(13-18)25-3/h5-13,16H,14-15H2,1-4H3. The maximum atomic E-state index is 5.46. The molecule has 0 spiro atoms. The minimum absolute atomic E-state index is 0.272. The Morgan fingerprint density at radius 1 is 0.769 bits per heavy atom. The molecule has 3 rings (SSSR count). The normalized spacial score (nSPS) is 16.1. The zero-order chi connectivity index (χ0) is 18.5. The predicted molar refractivity (Wildman–Crippen MR) is 102 cm³/mol. The molecule has 5 nitrogen and oxygen atoms in total. The molecule has 0 aromatic heterocycles. The second-order valence-electron chi connectivity index (χ2n) is 6.29. The first kappa shape index (κ1) is 18.0. The number of nitrogens with zero attached hydrogens (tertiary/aromatic N) is 2. The summed E-state index contributed by atoms with van der Waals surface area (Å²) < 4.78 is 16.3. The topological polar surface area (TPSA) is 34.2 Å². The van der Waals surface area contributed by atoms with Gasteiger partial charge >= 0.3 is 0 Å². The Bertz CT molecular complexity index is 736. The molecule has 0 N–H and O–H groups in total. The molecule has 1 aliphatic rings. The zero-order valence-corrected chi connectivity index (χ0v) is 15.8. The van der Waals surface area contributed by atoms with Gasteiger partial charge in [-0.05, 0) is 30.2 Å². The number of rotatable bonds is 7. The van der Waals surface area contributed by atoms with Gasteiger partial charge in [-0.15, -0.1) is 0 Å². The molecule has 0 amide bonds. The first-order valence-electron chi connectivity index (χ1n) is 8.69. The molecule has 26 heavy (non-hydrogen) atoms. The van der Waals surface area contributed by atoms with Crippen molar-refractivity contribution in [2.75, 3.05) is 21.3 Å². The summed E-state index contributed by atoms with van der Waals surface area (Å²) in [4.78, 5) is 4.62. The average molecular weight is 354 g/mol. The van der Waals surface area contributed by atoms with Gasteiger partial charge < -0.3 is 24.0 Å². The molecule has 0 aliphatic carbocycles. The molecule has 0 fully saturated rings. The smallest absolute Gasteiger partial charge is 0.203 e. The van der Waals surface area contributed by atoms with Gasteiger partial charge in [0.25, 0.3) is 0 Å². The quantitative estimate of drug-likeness (QED) is 0.754. The highest BCUT2D eigenvalue weighted by Gasteiger charge is 2.23. The first-order chi connectivity index (χ1) is 12.7. The molecule has 2 aromatic carbocycles. The Morgan fingerprint density at radius 2 is 1.31 bits per heavy atom. The Balaban J connectivity index is 1.73. The minimum Gasteiger partial charge on any atom is -0.493 e. The molecule has 2 aromatic rings. The van der Waals surface area contributed by atoms with E-state index in [9.17, 15) is 0 Å². The minimum atomic E-state index is 0.272. The number of ether oxygens (including phenoxy) is 3. The Labute approximate surface area is 155 Å². The van der Waals surface area contributed by atoms with Crippen LogP contribution in [0.5, 0.6) is 17.2 Å². The third kappa shape index (κ3) is 3.72. The summed E-state index contributed by atoms with van der Waals surface area (Å²) in [6.07, 6.45) is 4.56. The highest BCUT2D eigenvalue weighted by molar-refractivity contribution is 5.53. The molecule has 1 heterocycles. The van der Waals surface area contributed by atoms with Crippen LogP contribution in [0.15, 0.2) is 54.9 Å². The molecule has 1 atom stereocenters.